The van der Waals surface area contributed by atoms with Crippen LogP contribution in [0.5, 0.6) is 0 Å². The highest BCUT2D eigenvalue weighted by Gasteiger charge is 2.19. The number of hydrogen-bond acceptors (Lipinski definition) is 2. The van der Waals surface area contributed by atoms with Gasteiger partial charge in [0.05, 0.1) is 6.42 Å². The number of aliphatic carboxylic acids is 1. The van der Waals surface area contributed by atoms with Crippen LogP contribution in [0.15, 0.2) is 10.7 Å². The molecule has 1 aromatic rings. The van der Waals surface area contributed by atoms with Crippen LogP contribution >= 0.6 is 15.9 Å². The number of pyridine rings is 1. The summed E-state index contributed by atoms with van der Waals surface area (Å²) < 4.78 is 37.4. The monoisotopic (exact) mass is 283 g/mol. The van der Waals surface area contributed by atoms with Crippen LogP contribution in [0.3, 0.4) is 0 Å². The fourth-order valence-corrected chi connectivity index (χ4v) is 1.32. The number of carboxylic acids is 1. The summed E-state index contributed by atoms with van der Waals surface area (Å²) >= 11 is 2.65. The van der Waals surface area contributed by atoms with Gasteiger partial charge in [0.2, 0.25) is 0 Å². The lowest BCUT2D eigenvalue weighted by atomic mass is 10.1. The van der Waals surface area contributed by atoms with E-state index in [0.717, 1.165) is 6.07 Å². The van der Waals surface area contributed by atoms with Crippen molar-refractivity contribution in [3.05, 3.63) is 27.7 Å². The molecule has 0 fully saturated rings. The third-order valence-corrected chi connectivity index (χ3v) is 2.15. The van der Waals surface area contributed by atoms with E-state index in [1.165, 1.54) is 0 Å². The number of carboxylic acid groups (broad SMARTS) is 1. The second kappa shape index (κ2) is 4.61. The lowest BCUT2D eigenvalue weighted by Crippen LogP contribution is -2.07. The Morgan fingerprint density at radius 3 is 2.67 bits per heavy atom. The van der Waals surface area contributed by atoms with E-state index in [9.17, 15) is 18.0 Å². The molecule has 7 heteroatoms. The van der Waals surface area contributed by atoms with Gasteiger partial charge in [-0.15, -0.1) is 0 Å². The number of alkyl halides is 2. The summed E-state index contributed by atoms with van der Waals surface area (Å²) in [6.07, 6.45) is -3.62. The first-order chi connectivity index (χ1) is 6.91. The highest BCUT2D eigenvalue weighted by molar-refractivity contribution is 9.10. The zero-order valence-corrected chi connectivity index (χ0v) is 8.76. The largest absolute Gasteiger partial charge is 0.481 e. The van der Waals surface area contributed by atoms with Crippen LogP contribution in [0, 0.1) is 5.82 Å². The zero-order chi connectivity index (χ0) is 11.6. The van der Waals surface area contributed by atoms with Crippen molar-refractivity contribution in [2.24, 2.45) is 0 Å². The predicted octanol–water partition coefficient (Wildman–Crippen LogP) is 2.55. The Bertz CT molecular complexity index is 398. The average Bonchev–Trinajstić information content (AvgIpc) is 2.09. The molecule has 15 heavy (non-hydrogen) atoms. The van der Waals surface area contributed by atoms with Gasteiger partial charge in [0, 0.05) is 0 Å². The molecule has 0 atom stereocenters. The Balaban J connectivity index is 3.21. The molecular weight excluding hydrogens is 279 g/mol. The topological polar surface area (TPSA) is 50.2 Å². The Hall–Kier alpha value is -1.11. The zero-order valence-electron chi connectivity index (χ0n) is 7.18. The van der Waals surface area contributed by atoms with E-state index in [1.54, 1.807) is 0 Å². The summed E-state index contributed by atoms with van der Waals surface area (Å²) in [6.45, 7) is 0. The smallest absolute Gasteiger partial charge is 0.307 e. The van der Waals surface area contributed by atoms with E-state index in [4.69, 9.17) is 5.11 Å². The van der Waals surface area contributed by atoms with Gasteiger partial charge in [-0.05, 0) is 27.6 Å². The molecule has 82 valence electrons. The minimum atomic E-state index is -2.93. The fraction of sp³-hybridized carbons (Fsp3) is 0.250. The number of carbonyl (C=O) groups is 1. The van der Waals surface area contributed by atoms with E-state index in [2.05, 4.69) is 20.9 Å². The van der Waals surface area contributed by atoms with E-state index < -0.39 is 30.3 Å². The van der Waals surface area contributed by atoms with Gasteiger partial charge in [-0.3, -0.25) is 4.79 Å². The molecule has 0 aliphatic rings. The summed E-state index contributed by atoms with van der Waals surface area (Å²) in [5.74, 6) is -2.18. The van der Waals surface area contributed by atoms with Crippen molar-refractivity contribution in [2.75, 3.05) is 0 Å². The molecule has 0 bridgehead atoms. The molecule has 1 heterocycles. The summed E-state index contributed by atoms with van der Waals surface area (Å²) in [6, 6.07) is 0.743. The van der Waals surface area contributed by atoms with Gasteiger partial charge in [0.25, 0.3) is 6.43 Å². The molecular formula is C8H5BrF3NO2. The predicted molar refractivity (Wildman–Crippen MR) is 48.2 cm³/mol. The molecule has 0 aliphatic heterocycles. The highest BCUT2D eigenvalue weighted by atomic mass is 79.9. The van der Waals surface area contributed by atoms with Gasteiger partial charge in [0.15, 0.2) is 5.82 Å². The molecule has 0 amide bonds. The summed E-state index contributed by atoms with van der Waals surface area (Å²) in [5, 5.41) is 8.43. The quantitative estimate of drug-likeness (QED) is 0.868. The van der Waals surface area contributed by atoms with Crippen molar-refractivity contribution in [2.45, 2.75) is 12.8 Å². The van der Waals surface area contributed by atoms with Crippen molar-refractivity contribution >= 4 is 21.9 Å². The van der Waals surface area contributed by atoms with E-state index in [0.29, 0.717) is 0 Å². The molecule has 0 radical (unpaired) electrons. The van der Waals surface area contributed by atoms with Crippen molar-refractivity contribution in [3.63, 3.8) is 0 Å². The van der Waals surface area contributed by atoms with Crippen LogP contribution < -0.4 is 0 Å². The molecule has 3 nitrogen and oxygen atoms in total. The van der Waals surface area contributed by atoms with Crippen LogP contribution in [-0.2, 0) is 11.2 Å². The molecule has 1 aromatic heterocycles. The maximum Gasteiger partial charge on any atom is 0.307 e. The molecule has 0 aromatic carbocycles. The fourth-order valence-electron chi connectivity index (χ4n) is 1.01. The van der Waals surface area contributed by atoms with Crippen LogP contribution in [0.25, 0.3) is 0 Å². The molecule has 0 spiro atoms. The minimum absolute atomic E-state index is 0.321. The SMILES string of the molecule is O=C(O)Cc1cc(F)c(Br)nc1C(F)F. The van der Waals surface area contributed by atoms with Crippen molar-refractivity contribution in [1.29, 1.82) is 0 Å². The van der Waals surface area contributed by atoms with Gasteiger partial charge >= 0.3 is 5.97 Å². The van der Waals surface area contributed by atoms with Gasteiger partial charge in [-0.25, -0.2) is 18.2 Å². The van der Waals surface area contributed by atoms with Crippen molar-refractivity contribution < 1.29 is 23.1 Å². The number of rotatable bonds is 3. The first-order valence-corrected chi connectivity index (χ1v) is 4.56. The molecule has 0 saturated carbocycles. The lowest BCUT2D eigenvalue weighted by molar-refractivity contribution is -0.136. The number of halogens is 4. The van der Waals surface area contributed by atoms with Crippen LogP contribution in [0.4, 0.5) is 13.2 Å². The Morgan fingerprint density at radius 2 is 2.20 bits per heavy atom. The number of aromatic nitrogens is 1. The van der Waals surface area contributed by atoms with Gasteiger partial charge in [-0.2, -0.15) is 0 Å². The normalized spacial score (nSPS) is 10.7. The van der Waals surface area contributed by atoms with Gasteiger partial charge in [-0.1, -0.05) is 0 Å². The molecule has 1 N–H and O–H groups in total. The van der Waals surface area contributed by atoms with Crippen LogP contribution in [0.2, 0.25) is 0 Å². The van der Waals surface area contributed by atoms with Crippen LogP contribution in [0.1, 0.15) is 17.7 Å². The lowest BCUT2D eigenvalue weighted by Gasteiger charge is -2.06. The first kappa shape index (κ1) is 12.0. The van der Waals surface area contributed by atoms with Crippen LogP contribution in [-0.4, -0.2) is 16.1 Å². The number of nitrogens with zero attached hydrogens (tertiary/aromatic N) is 1. The first-order valence-electron chi connectivity index (χ1n) is 3.76. The summed E-state index contributed by atoms with van der Waals surface area (Å²) in [7, 11) is 0. The van der Waals surface area contributed by atoms with Gasteiger partial charge < -0.3 is 5.11 Å². The third-order valence-electron chi connectivity index (χ3n) is 1.59. The summed E-state index contributed by atoms with van der Waals surface area (Å²) in [4.78, 5) is 13.6. The molecule has 0 aliphatic carbocycles. The Labute approximate surface area is 91.1 Å². The summed E-state index contributed by atoms with van der Waals surface area (Å²) in [5.41, 5.74) is -1.04. The molecule has 0 unspecified atom stereocenters. The second-order valence-corrected chi connectivity index (χ2v) is 3.43. The third kappa shape index (κ3) is 2.92. The maximum absolute atomic E-state index is 12.9. The maximum atomic E-state index is 12.9. The van der Waals surface area contributed by atoms with Crippen molar-refractivity contribution in [1.82, 2.24) is 4.98 Å². The molecule has 1 rings (SSSR count). The second-order valence-electron chi connectivity index (χ2n) is 2.68. The standard InChI is InChI=1S/C8H5BrF3NO2/c9-7-4(10)1-3(2-5(14)15)6(13-7)8(11)12/h1,8H,2H2,(H,14,15). The Morgan fingerprint density at radius 1 is 1.60 bits per heavy atom. The van der Waals surface area contributed by atoms with Gasteiger partial charge in [0.1, 0.15) is 10.3 Å². The Kier molecular flexibility index (Phi) is 3.67. The average molecular weight is 284 g/mol. The van der Waals surface area contributed by atoms with Crippen molar-refractivity contribution in [3.8, 4) is 0 Å². The van der Waals surface area contributed by atoms with E-state index >= 15 is 0 Å². The van der Waals surface area contributed by atoms with E-state index in [1.807, 2.05) is 0 Å². The highest BCUT2D eigenvalue weighted by Crippen LogP contribution is 2.25. The number of hydrogen-bond donors (Lipinski definition) is 1. The van der Waals surface area contributed by atoms with E-state index in [-0.39, 0.29) is 10.2 Å². The molecule has 0 saturated heterocycles. The minimum Gasteiger partial charge on any atom is -0.481 e.